The summed E-state index contributed by atoms with van der Waals surface area (Å²) in [6.07, 6.45) is 1.68. The van der Waals surface area contributed by atoms with Crippen molar-refractivity contribution < 1.29 is 13.9 Å². The van der Waals surface area contributed by atoms with E-state index in [0.29, 0.717) is 21.2 Å². The Morgan fingerprint density at radius 2 is 1.78 bits per heavy atom. The summed E-state index contributed by atoms with van der Waals surface area (Å²) in [4.78, 5) is 17.3. The molecule has 1 saturated heterocycles. The van der Waals surface area contributed by atoms with Gasteiger partial charge in [-0.2, -0.15) is 0 Å². The molecule has 1 fully saturated rings. The van der Waals surface area contributed by atoms with Gasteiger partial charge in [0.2, 0.25) is 0 Å². The number of benzene rings is 3. The first-order valence-electron chi connectivity index (χ1n) is 9.60. The van der Waals surface area contributed by atoms with Crippen molar-refractivity contribution in [2.75, 3.05) is 0 Å². The molecular formula is C24H17Cl2FN2O2S. The van der Waals surface area contributed by atoms with Crippen LogP contribution in [0.4, 0.5) is 10.1 Å². The van der Waals surface area contributed by atoms with Gasteiger partial charge in [0.05, 0.1) is 20.6 Å². The van der Waals surface area contributed by atoms with E-state index in [-0.39, 0.29) is 34.1 Å². The van der Waals surface area contributed by atoms with E-state index >= 15 is 0 Å². The topological polar surface area (TPSA) is 50.7 Å². The molecule has 1 heterocycles. The summed E-state index contributed by atoms with van der Waals surface area (Å²) in [7, 11) is 0. The Hall–Kier alpha value is -2.80. The Morgan fingerprint density at radius 1 is 1.09 bits per heavy atom. The number of ether oxygens (including phenoxy) is 1. The zero-order valence-corrected chi connectivity index (χ0v) is 19.2. The monoisotopic (exact) mass is 486 g/mol. The Bertz CT molecular complexity index is 1220. The zero-order chi connectivity index (χ0) is 22.7. The molecule has 0 saturated carbocycles. The molecule has 0 spiro atoms. The molecule has 162 valence electrons. The first-order chi connectivity index (χ1) is 15.4. The fraction of sp³-hybridized carbons (Fsp3) is 0.0833. The Balaban J connectivity index is 1.51. The van der Waals surface area contributed by atoms with Gasteiger partial charge >= 0.3 is 0 Å². The number of rotatable bonds is 5. The van der Waals surface area contributed by atoms with Crippen LogP contribution in [0.3, 0.4) is 0 Å². The highest BCUT2D eigenvalue weighted by molar-refractivity contribution is 8.18. The van der Waals surface area contributed by atoms with Crippen LogP contribution in [-0.2, 0) is 11.4 Å². The van der Waals surface area contributed by atoms with E-state index < -0.39 is 0 Å². The summed E-state index contributed by atoms with van der Waals surface area (Å²) in [5.74, 6) is -0.370. The number of amides is 1. The van der Waals surface area contributed by atoms with Crippen LogP contribution in [0.2, 0.25) is 10.0 Å². The van der Waals surface area contributed by atoms with E-state index in [1.54, 1.807) is 36.4 Å². The quantitative estimate of drug-likeness (QED) is 0.398. The van der Waals surface area contributed by atoms with E-state index in [1.165, 1.54) is 17.8 Å². The molecule has 3 aromatic carbocycles. The van der Waals surface area contributed by atoms with Crippen LogP contribution in [0.15, 0.2) is 70.6 Å². The average molecular weight is 487 g/mol. The molecule has 8 heteroatoms. The number of aryl methyl sites for hydroxylation is 1. The van der Waals surface area contributed by atoms with E-state index in [4.69, 9.17) is 27.9 Å². The van der Waals surface area contributed by atoms with Crippen LogP contribution < -0.4 is 10.1 Å². The molecule has 1 aliphatic heterocycles. The van der Waals surface area contributed by atoms with Crippen LogP contribution >= 0.6 is 35.0 Å². The van der Waals surface area contributed by atoms with Gasteiger partial charge in [0, 0.05) is 5.56 Å². The van der Waals surface area contributed by atoms with Crippen molar-refractivity contribution >= 4 is 57.8 Å². The van der Waals surface area contributed by atoms with Crippen LogP contribution in [0.1, 0.15) is 16.7 Å². The molecule has 0 unspecified atom stereocenters. The molecule has 4 rings (SSSR count). The van der Waals surface area contributed by atoms with Crippen LogP contribution in [0.5, 0.6) is 5.75 Å². The minimum absolute atomic E-state index is 0.0103. The summed E-state index contributed by atoms with van der Waals surface area (Å²) < 4.78 is 19.4. The fourth-order valence-corrected chi connectivity index (χ4v) is 4.39. The van der Waals surface area contributed by atoms with Crippen LogP contribution in [0, 0.1) is 12.7 Å². The SMILES string of the molecule is Cc1ccc(N=C2NC(=O)/C(=C/c3cc(Cl)c(OCc4ccccc4F)c(Cl)c3)S2)cc1. The number of amidine groups is 1. The number of aliphatic imine (C=N–C) groups is 1. The molecule has 0 atom stereocenters. The van der Waals surface area contributed by atoms with Gasteiger partial charge in [0.1, 0.15) is 12.4 Å². The maximum atomic E-state index is 13.8. The van der Waals surface area contributed by atoms with Crippen molar-refractivity contribution in [1.82, 2.24) is 5.32 Å². The van der Waals surface area contributed by atoms with Gasteiger partial charge in [0.25, 0.3) is 5.91 Å². The Morgan fingerprint density at radius 3 is 2.47 bits per heavy atom. The van der Waals surface area contributed by atoms with Gasteiger partial charge in [0.15, 0.2) is 10.9 Å². The third-order valence-electron chi connectivity index (χ3n) is 4.56. The highest BCUT2D eigenvalue weighted by Crippen LogP contribution is 2.37. The van der Waals surface area contributed by atoms with Crippen molar-refractivity contribution in [3.63, 3.8) is 0 Å². The van der Waals surface area contributed by atoms with E-state index in [2.05, 4.69) is 10.3 Å². The second-order valence-corrected chi connectivity index (χ2v) is 8.86. The van der Waals surface area contributed by atoms with Gasteiger partial charge in [-0.05, 0) is 60.7 Å². The number of hydrogen-bond donors (Lipinski definition) is 1. The summed E-state index contributed by atoms with van der Waals surface area (Å²) in [6, 6.07) is 17.3. The molecule has 1 aliphatic rings. The molecule has 0 aliphatic carbocycles. The van der Waals surface area contributed by atoms with E-state index in [9.17, 15) is 9.18 Å². The standard InChI is InChI=1S/C24H17Cl2FN2O2S/c1-14-6-8-17(9-7-14)28-24-29-23(30)21(32-24)12-15-10-18(25)22(19(26)11-15)31-13-16-4-2-3-5-20(16)27/h2-12H,13H2,1H3,(H,28,29,30)/b21-12-. The third kappa shape index (κ3) is 5.33. The molecule has 1 amide bonds. The first kappa shape index (κ1) is 22.4. The Labute approximate surface area is 199 Å². The number of nitrogens with one attached hydrogen (secondary N) is 1. The maximum Gasteiger partial charge on any atom is 0.264 e. The maximum absolute atomic E-state index is 13.8. The van der Waals surface area contributed by atoms with E-state index in [1.807, 2.05) is 31.2 Å². The number of hydrogen-bond acceptors (Lipinski definition) is 4. The minimum Gasteiger partial charge on any atom is -0.486 e. The predicted octanol–water partition coefficient (Wildman–Crippen LogP) is 6.91. The van der Waals surface area contributed by atoms with Crippen LogP contribution in [-0.4, -0.2) is 11.1 Å². The average Bonchev–Trinajstić information content (AvgIpc) is 3.09. The smallest absolute Gasteiger partial charge is 0.264 e. The minimum atomic E-state index is -0.367. The molecular weight excluding hydrogens is 470 g/mol. The molecule has 0 radical (unpaired) electrons. The van der Waals surface area contributed by atoms with Crippen molar-refractivity contribution in [1.29, 1.82) is 0 Å². The molecule has 1 N–H and O–H groups in total. The predicted molar refractivity (Wildman–Crippen MR) is 129 cm³/mol. The third-order valence-corrected chi connectivity index (χ3v) is 6.04. The largest absolute Gasteiger partial charge is 0.486 e. The number of halogens is 3. The Kier molecular flexibility index (Phi) is 6.84. The van der Waals surface area contributed by atoms with Gasteiger partial charge < -0.3 is 10.1 Å². The lowest BCUT2D eigenvalue weighted by molar-refractivity contribution is -0.115. The fourth-order valence-electron chi connectivity index (χ4n) is 2.93. The molecule has 3 aromatic rings. The first-order valence-corrected chi connectivity index (χ1v) is 11.2. The van der Waals surface area contributed by atoms with Gasteiger partial charge in [-0.3, -0.25) is 4.79 Å². The number of carbonyl (C=O) groups is 1. The lowest BCUT2D eigenvalue weighted by atomic mass is 10.2. The van der Waals surface area contributed by atoms with Crippen molar-refractivity contribution in [2.45, 2.75) is 13.5 Å². The van der Waals surface area contributed by atoms with Crippen molar-refractivity contribution in [3.05, 3.63) is 98.1 Å². The van der Waals surface area contributed by atoms with E-state index in [0.717, 1.165) is 11.3 Å². The number of carbonyl (C=O) groups excluding carboxylic acids is 1. The summed E-state index contributed by atoms with van der Waals surface area (Å²) in [5.41, 5.74) is 2.91. The van der Waals surface area contributed by atoms with Gasteiger partial charge in [-0.1, -0.05) is 59.1 Å². The molecule has 4 nitrogen and oxygen atoms in total. The highest BCUT2D eigenvalue weighted by atomic mass is 35.5. The summed E-state index contributed by atoms with van der Waals surface area (Å²) in [6.45, 7) is 1.99. The second-order valence-electron chi connectivity index (χ2n) is 7.01. The lowest BCUT2D eigenvalue weighted by Crippen LogP contribution is -2.19. The van der Waals surface area contributed by atoms with Crippen molar-refractivity contribution in [3.8, 4) is 5.75 Å². The normalized spacial score (nSPS) is 15.9. The van der Waals surface area contributed by atoms with Crippen LogP contribution in [0.25, 0.3) is 6.08 Å². The molecule has 0 aromatic heterocycles. The zero-order valence-electron chi connectivity index (χ0n) is 16.9. The van der Waals surface area contributed by atoms with Crippen molar-refractivity contribution in [2.24, 2.45) is 4.99 Å². The number of nitrogens with zero attached hydrogens (tertiary/aromatic N) is 1. The summed E-state index contributed by atoms with van der Waals surface area (Å²) in [5, 5.41) is 3.77. The highest BCUT2D eigenvalue weighted by Gasteiger charge is 2.24. The van der Waals surface area contributed by atoms with Gasteiger partial charge in [-0.25, -0.2) is 9.38 Å². The molecule has 32 heavy (non-hydrogen) atoms. The molecule has 0 bridgehead atoms. The number of thioether (sulfide) groups is 1. The second kappa shape index (κ2) is 9.77. The lowest BCUT2D eigenvalue weighted by Gasteiger charge is -2.11. The van der Waals surface area contributed by atoms with Gasteiger partial charge in [-0.15, -0.1) is 0 Å². The summed E-state index contributed by atoms with van der Waals surface area (Å²) >= 11 is 13.9.